The molecule has 0 radical (unpaired) electrons. The number of aromatic nitrogens is 2. The maximum Gasteiger partial charge on any atom is 0.281 e. The zero-order valence-electron chi connectivity index (χ0n) is 19.5. The highest BCUT2D eigenvalue weighted by molar-refractivity contribution is 5.96. The van der Waals surface area contributed by atoms with Crippen molar-refractivity contribution in [2.24, 2.45) is 22.7 Å². The Hall–Kier alpha value is -2.41. The minimum Gasteiger partial charge on any atom is -0.409 e. The Balaban J connectivity index is 0.000000211. The molecular formula is C26H37N5O2. The lowest BCUT2D eigenvalue weighted by molar-refractivity contribution is 0.188. The molecule has 2 atom stereocenters. The van der Waals surface area contributed by atoms with Crippen LogP contribution in [0.1, 0.15) is 88.8 Å². The van der Waals surface area contributed by atoms with Crippen molar-refractivity contribution in [2.75, 3.05) is 0 Å². The lowest BCUT2D eigenvalue weighted by Crippen LogP contribution is -2.50. The number of amidine groups is 1. The van der Waals surface area contributed by atoms with E-state index in [-0.39, 0.29) is 23.1 Å². The summed E-state index contributed by atoms with van der Waals surface area (Å²) in [7, 11) is 0. The van der Waals surface area contributed by atoms with Gasteiger partial charge in [-0.1, -0.05) is 62.2 Å². The number of nitrogens with one attached hydrogen (secondary N) is 1. The molecule has 2 saturated carbocycles. The van der Waals surface area contributed by atoms with Crippen LogP contribution in [0.5, 0.6) is 0 Å². The molecule has 4 N–H and O–H groups in total. The van der Waals surface area contributed by atoms with E-state index in [1.54, 1.807) is 32.1 Å². The molecule has 4 bridgehead atoms. The second kappa shape index (κ2) is 9.84. The highest BCUT2D eigenvalue weighted by atomic mass is 16.4. The van der Waals surface area contributed by atoms with Gasteiger partial charge in [0.2, 0.25) is 0 Å². The van der Waals surface area contributed by atoms with E-state index >= 15 is 0 Å². The van der Waals surface area contributed by atoms with Crippen LogP contribution in [0.4, 0.5) is 0 Å². The molecule has 0 spiro atoms. The number of benzene rings is 1. The Morgan fingerprint density at radius 1 is 0.970 bits per heavy atom. The van der Waals surface area contributed by atoms with Crippen LogP contribution < -0.4 is 16.6 Å². The summed E-state index contributed by atoms with van der Waals surface area (Å²) >= 11 is 0. The summed E-state index contributed by atoms with van der Waals surface area (Å²) in [4.78, 5) is 17.3. The molecule has 4 aliphatic rings. The first-order chi connectivity index (χ1) is 16.1. The lowest BCUT2D eigenvalue weighted by Gasteiger charge is -2.41. The molecule has 33 heavy (non-hydrogen) atoms. The Kier molecular flexibility index (Phi) is 6.67. The first kappa shape index (κ1) is 22.4. The summed E-state index contributed by atoms with van der Waals surface area (Å²) in [6, 6.07) is 8.55. The average Bonchev–Trinajstić information content (AvgIpc) is 2.83. The van der Waals surface area contributed by atoms with E-state index in [9.17, 15) is 4.79 Å². The Labute approximate surface area is 195 Å². The van der Waals surface area contributed by atoms with Crippen LogP contribution in [-0.2, 0) is 0 Å². The van der Waals surface area contributed by atoms with Crippen molar-refractivity contribution in [3.8, 4) is 0 Å². The van der Waals surface area contributed by atoms with Gasteiger partial charge in [0.05, 0.1) is 11.0 Å². The SMILES string of the molecule is C1CC2CCCC(C1)C2.N/C(=N\O)c1nc2ccccc2n(C2CC3CCCC(C2)N3)c1=O. The number of oxime groups is 1. The van der Waals surface area contributed by atoms with Crippen LogP contribution in [0.2, 0.25) is 0 Å². The molecule has 1 aromatic heterocycles. The lowest BCUT2D eigenvalue weighted by atomic mass is 9.72. The molecule has 7 nitrogen and oxygen atoms in total. The van der Waals surface area contributed by atoms with E-state index in [2.05, 4.69) is 15.5 Å². The summed E-state index contributed by atoms with van der Waals surface area (Å²) in [6.45, 7) is 0. The number of hydrogen-bond acceptors (Lipinski definition) is 5. The van der Waals surface area contributed by atoms with Crippen molar-refractivity contribution in [1.29, 1.82) is 0 Å². The third kappa shape index (κ3) is 4.79. The van der Waals surface area contributed by atoms with E-state index in [4.69, 9.17) is 10.9 Å². The van der Waals surface area contributed by atoms with Crippen molar-refractivity contribution in [3.05, 3.63) is 40.3 Å². The van der Waals surface area contributed by atoms with Gasteiger partial charge in [0.1, 0.15) is 0 Å². The van der Waals surface area contributed by atoms with Gasteiger partial charge in [0.25, 0.3) is 5.56 Å². The quantitative estimate of drug-likeness (QED) is 0.273. The summed E-state index contributed by atoms with van der Waals surface area (Å²) in [5.74, 6) is 2.06. The Morgan fingerprint density at radius 2 is 1.58 bits per heavy atom. The van der Waals surface area contributed by atoms with Gasteiger partial charge in [-0.2, -0.15) is 0 Å². The second-order valence-corrected chi connectivity index (χ2v) is 10.6. The number of rotatable bonds is 2. The van der Waals surface area contributed by atoms with Crippen molar-refractivity contribution >= 4 is 16.9 Å². The molecule has 2 unspecified atom stereocenters. The number of para-hydroxylation sites is 2. The van der Waals surface area contributed by atoms with Crippen LogP contribution in [-0.4, -0.2) is 32.7 Å². The fourth-order valence-electron chi connectivity index (χ4n) is 6.80. The highest BCUT2D eigenvalue weighted by Gasteiger charge is 2.33. The molecule has 2 saturated heterocycles. The predicted molar refractivity (Wildman–Crippen MR) is 131 cm³/mol. The third-order valence-corrected chi connectivity index (χ3v) is 8.32. The summed E-state index contributed by atoms with van der Waals surface area (Å²) < 4.78 is 1.81. The Morgan fingerprint density at radius 3 is 2.18 bits per heavy atom. The van der Waals surface area contributed by atoms with Gasteiger partial charge >= 0.3 is 0 Å². The zero-order chi connectivity index (χ0) is 22.8. The fraction of sp³-hybridized carbons (Fsp3) is 0.654. The van der Waals surface area contributed by atoms with Crippen molar-refractivity contribution in [1.82, 2.24) is 14.9 Å². The molecule has 2 aliphatic carbocycles. The monoisotopic (exact) mass is 451 g/mol. The average molecular weight is 452 g/mol. The van der Waals surface area contributed by atoms with E-state index in [1.807, 2.05) is 28.8 Å². The van der Waals surface area contributed by atoms with Crippen LogP contribution in [0.3, 0.4) is 0 Å². The minimum atomic E-state index is -0.283. The Bertz CT molecular complexity index is 1030. The van der Waals surface area contributed by atoms with Crippen LogP contribution in [0, 0.1) is 11.8 Å². The topological polar surface area (TPSA) is 106 Å². The van der Waals surface area contributed by atoms with E-state index in [0.29, 0.717) is 17.6 Å². The van der Waals surface area contributed by atoms with Gasteiger partial charge < -0.3 is 20.8 Å². The molecule has 4 fully saturated rings. The van der Waals surface area contributed by atoms with Crippen LogP contribution >= 0.6 is 0 Å². The van der Waals surface area contributed by atoms with Crippen molar-refractivity contribution < 1.29 is 5.21 Å². The molecular weight excluding hydrogens is 414 g/mol. The first-order valence-electron chi connectivity index (χ1n) is 12.9. The molecule has 3 heterocycles. The molecule has 6 rings (SSSR count). The van der Waals surface area contributed by atoms with Crippen molar-refractivity contribution in [2.45, 2.75) is 95.2 Å². The molecule has 178 valence electrons. The molecule has 2 aromatic rings. The number of piperidine rings is 2. The largest absolute Gasteiger partial charge is 0.409 e. The van der Waals surface area contributed by atoms with Crippen molar-refractivity contribution in [3.63, 3.8) is 0 Å². The first-order valence-corrected chi connectivity index (χ1v) is 12.9. The third-order valence-electron chi connectivity index (χ3n) is 8.32. The smallest absolute Gasteiger partial charge is 0.281 e. The van der Waals surface area contributed by atoms with Gasteiger partial charge in [0, 0.05) is 18.1 Å². The molecule has 0 amide bonds. The molecule has 2 aliphatic heterocycles. The number of fused-ring (bicyclic) bond motifs is 5. The molecule has 7 heteroatoms. The maximum absolute atomic E-state index is 13.0. The van der Waals surface area contributed by atoms with Crippen LogP contribution in [0.25, 0.3) is 11.0 Å². The number of nitrogens with zero attached hydrogens (tertiary/aromatic N) is 3. The minimum absolute atomic E-state index is 0.0138. The fourth-order valence-corrected chi connectivity index (χ4v) is 6.80. The van der Waals surface area contributed by atoms with Gasteiger partial charge in [-0.15, -0.1) is 0 Å². The van der Waals surface area contributed by atoms with Gasteiger partial charge in [0.15, 0.2) is 11.5 Å². The number of hydrogen-bond donors (Lipinski definition) is 3. The van der Waals surface area contributed by atoms with Gasteiger partial charge in [-0.25, -0.2) is 4.98 Å². The normalized spacial score (nSPS) is 31.5. The summed E-state index contributed by atoms with van der Waals surface area (Å²) in [5, 5.41) is 15.6. The zero-order valence-corrected chi connectivity index (χ0v) is 19.5. The van der Waals surface area contributed by atoms with Crippen LogP contribution in [0.15, 0.2) is 34.2 Å². The molecule has 1 aromatic carbocycles. The van der Waals surface area contributed by atoms with Gasteiger partial charge in [-0.3, -0.25) is 4.79 Å². The summed E-state index contributed by atoms with van der Waals surface area (Å²) in [5.41, 5.74) is 6.91. The van der Waals surface area contributed by atoms with E-state index in [0.717, 1.165) is 43.0 Å². The standard InChI is InChI=1S/C17H21N5O2.C9H16/c18-16(21-24)15-17(23)22(14-7-2-1-6-13(14)20-15)12-8-10-4-3-5-11(9-12)19-10;1-3-8-5-2-6-9(4-1)7-8/h1-2,6-7,10-12,19,24H,3-5,8-9H2,(H2,18,21);8-9H,1-7H2. The highest BCUT2D eigenvalue weighted by Crippen LogP contribution is 2.39. The van der Waals surface area contributed by atoms with Gasteiger partial charge in [-0.05, 0) is 56.1 Å². The summed E-state index contributed by atoms with van der Waals surface area (Å²) in [6.07, 6.45) is 16.2. The van der Waals surface area contributed by atoms with E-state index in [1.165, 1.54) is 19.3 Å². The second-order valence-electron chi connectivity index (χ2n) is 10.6. The number of nitrogens with two attached hydrogens (primary N) is 1. The predicted octanol–water partition coefficient (Wildman–Crippen LogP) is 4.31. The van der Waals surface area contributed by atoms with E-state index < -0.39 is 0 Å². The maximum atomic E-state index is 13.0.